The number of nitrogens with one attached hydrogen (secondary N) is 1. The average Bonchev–Trinajstić information content (AvgIpc) is 2.18. The SMILES string of the molecule is CCCC(COC)Nc1cc(C)ncn1. The number of rotatable bonds is 6. The van der Waals surface area contributed by atoms with Crippen molar-refractivity contribution in [2.75, 3.05) is 19.0 Å². The molecule has 1 N–H and O–H groups in total. The molecule has 4 heteroatoms. The fourth-order valence-electron chi connectivity index (χ4n) is 1.49. The van der Waals surface area contributed by atoms with Gasteiger partial charge in [0.2, 0.25) is 0 Å². The molecule has 0 radical (unpaired) electrons. The van der Waals surface area contributed by atoms with Crippen LogP contribution in [0.3, 0.4) is 0 Å². The number of methoxy groups -OCH3 is 1. The summed E-state index contributed by atoms with van der Waals surface area (Å²) in [4.78, 5) is 8.22. The maximum Gasteiger partial charge on any atom is 0.129 e. The molecule has 0 saturated carbocycles. The summed E-state index contributed by atoms with van der Waals surface area (Å²) in [5, 5.41) is 3.35. The second-order valence-electron chi connectivity index (χ2n) is 3.63. The van der Waals surface area contributed by atoms with E-state index in [2.05, 4.69) is 22.2 Å². The molecule has 0 aromatic carbocycles. The van der Waals surface area contributed by atoms with E-state index in [1.54, 1.807) is 13.4 Å². The zero-order valence-electron chi connectivity index (χ0n) is 9.66. The summed E-state index contributed by atoms with van der Waals surface area (Å²) in [7, 11) is 1.72. The maximum absolute atomic E-state index is 5.15. The van der Waals surface area contributed by atoms with Gasteiger partial charge in [-0.3, -0.25) is 0 Å². The normalized spacial score (nSPS) is 12.5. The second-order valence-corrected chi connectivity index (χ2v) is 3.63. The van der Waals surface area contributed by atoms with Crippen molar-refractivity contribution in [1.29, 1.82) is 0 Å². The summed E-state index contributed by atoms with van der Waals surface area (Å²) in [6, 6.07) is 2.27. The van der Waals surface area contributed by atoms with Gasteiger partial charge in [-0.2, -0.15) is 0 Å². The lowest BCUT2D eigenvalue weighted by molar-refractivity contribution is 0.182. The Kier molecular flexibility index (Phi) is 5.04. The van der Waals surface area contributed by atoms with Gasteiger partial charge >= 0.3 is 0 Å². The Morgan fingerprint density at radius 2 is 2.27 bits per heavy atom. The molecule has 1 heterocycles. The lowest BCUT2D eigenvalue weighted by Gasteiger charge is -2.17. The molecule has 0 amide bonds. The lowest BCUT2D eigenvalue weighted by atomic mass is 10.2. The molecule has 4 nitrogen and oxygen atoms in total. The number of aromatic nitrogens is 2. The van der Waals surface area contributed by atoms with E-state index in [0.717, 1.165) is 24.4 Å². The van der Waals surface area contributed by atoms with Gasteiger partial charge in [-0.25, -0.2) is 9.97 Å². The van der Waals surface area contributed by atoms with Gasteiger partial charge in [0.05, 0.1) is 12.6 Å². The molecule has 0 aliphatic heterocycles. The van der Waals surface area contributed by atoms with Gasteiger partial charge in [0.25, 0.3) is 0 Å². The summed E-state index contributed by atoms with van der Waals surface area (Å²) in [5.74, 6) is 0.873. The van der Waals surface area contributed by atoms with Crippen LogP contribution in [0.25, 0.3) is 0 Å². The van der Waals surface area contributed by atoms with Gasteiger partial charge in [-0.15, -0.1) is 0 Å². The van der Waals surface area contributed by atoms with E-state index in [1.165, 1.54) is 0 Å². The van der Waals surface area contributed by atoms with Crippen molar-refractivity contribution in [3.63, 3.8) is 0 Å². The monoisotopic (exact) mass is 209 g/mol. The van der Waals surface area contributed by atoms with E-state index >= 15 is 0 Å². The molecule has 0 saturated heterocycles. The number of anilines is 1. The van der Waals surface area contributed by atoms with E-state index in [-0.39, 0.29) is 0 Å². The summed E-state index contributed by atoms with van der Waals surface area (Å²) in [6.07, 6.45) is 3.79. The number of aryl methyl sites for hydroxylation is 1. The second kappa shape index (κ2) is 6.35. The van der Waals surface area contributed by atoms with E-state index in [4.69, 9.17) is 4.74 Å². The molecule has 15 heavy (non-hydrogen) atoms. The molecule has 0 aliphatic rings. The van der Waals surface area contributed by atoms with Crippen LogP contribution in [-0.4, -0.2) is 29.7 Å². The van der Waals surface area contributed by atoms with Crippen molar-refractivity contribution in [1.82, 2.24) is 9.97 Å². The van der Waals surface area contributed by atoms with Gasteiger partial charge < -0.3 is 10.1 Å². The predicted molar refractivity (Wildman–Crippen MR) is 61.0 cm³/mol. The smallest absolute Gasteiger partial charge is 0.129 e. The van der Waals surface area contributed by atoms with Crippen molar-refractivity contribution in [3.8, 4) is 0 Å². The molecule has 0 aliphatic carbocycles. The first-order valence-electron chi connectivity index (χ1n) is 5.30. The minimum absolute atomic E-state index is 0.328. The van der Waals surface area contributed by atoms with Crippen LogP contribution in [0.2, 0.25) is 0 Å². The first-order chi connectivity index (χ1) is 7.26. The van der Waals surface area contributed by atoms with Crippen molar-refractivity contribution in [2.45, 2.75) is 32.7 Å². The predicted octanol–water partition coefficient (Wildman–Crippen LogP) is 2.01. The van der Waals surface area contributed by atoms with Gasteiger partial charge in [0.15, 0.2) is 0 Å². The fraction of sp³-hybridized carbons (Fsp3) is 0.636. The Bertz CT molecular complexity index is 285. The molecule has 1 atom stereocenters. The molecule has 0 bridgehead atoms. The number of nitrogens with zero attached hydrogens (tertiary/aromatic N) is 2. The number of hydrogen-bond donors (Lipinski definition) is 1. The molecule has 1 rings (SSSR count). The Morgan fingerprint density at radius 3 is 2.87 bits per heavy atom. The van der Waals surface area contributed by atoms with Crippen LogP contribution in [0.1, 0.15) is 25.5 Å². The molecule has 1 aromatic heterocycles. The highest BCUT2D eigenvalue weighted by Crippen LogP contribution is 2.08. The largest absolute Gasteiger partial charge is 0.383 e. The third kappa shape index (κ3) is 4.25. The quantitative estimate of drug-likeness (QED) is 0.778. The molecule has 1 unspecified atom stereocenters. The van der Waals surface area contributed by atoms with Gasteiger partial charge in [0, 0.05) is 18.9 Å². The fourth-order valence-corrected chi connectivity index (χ4v) is 1.49. The number of hydrogen-bond acceptors (Lipinski definition) is 4. The van der Waals surface area contributed by atoms with Crippen molar-refractivity contribution in [2.24, 2.45) is 0 Å². The topological polar surface area (TPSA) is 47.0 Å². The third-order valence-corrected chi connectivity index (χ3v) is 2.16. The molecule has 0 fully saturated rings. The van der Waals surface area contributed by atoms with E-state index in [1.807, 2.05) is 13.0 Å². The summed E-state index contributed by atoms with van der Waals surface area (Å²) >= 11 is 0. The molecule has 0 spiro atoms. The van der Waals surface area contributed by atoms with Gasteiger partial charge in [0.1, 0.15) is 12.1 Å². The Labute approximate surface area is 91.1 Å². The van der Waals surface area contributed by atoms with Crippen molar-refractivity contribution in [3.05, 3.63) is 18.1 Å². The Morgan fingerprint density at radius 1 is 1.47 bits per heavy atom. The molecule has 1 aromatic rings. The van der Waals surface area contributed by atoms with Crippen LogP contribution < -0.4 is 5.32 Å². The van der Waals surface area contributed by atoms with Crippen LogP contribution in [0.15, 0.2) is 12.4 Å². The number of ether oxygens (including phenoxy) is 1. The minimum atomic E-state index is 0.328. The van der Waals surface area contributed by atoms with Crippen LogP contribution in [0.5, 0.6) is 0 Å². The standard InChI is InChI=1S/C11H19N3O/c1-4-5-10(7-15-3)14-11-6-9(2)12-8-13-11/h6,8,10H,4-5,7H2,1-3H3,(H,12,13,14). The zero-order chi connectivity index (χ0) is 11.1. The van der Waals surface area contributed by atoms with Crippen LogP contribution in [0.4, 0.5) is 5.82 Å². The maximum atomic E-state index is 5.15. The molecular weight excluding hydrogens is 190 g/mol. The summed E-state index contributed by atoms with van der Waals surface area (Å²) < 4.78 is 5.15. The van der Waals surface area contributed by atoms with E-state index in [9.17, 15) is 0 Å². The highest BCUT2D eigenvalue weighted by molar-refractivity contribution is 5.35. The first-order valence-corrected chi connectivity index (χ1v) is 5.30. The zero-order valence-corrected chi connectivity index (χ0v) is 9.66. The third-order valence-electron chi connectivity index (χ3n) is 2.16. The van der Waals surface area contributed by atoms with Crippen molar-refractivity contribution >= 4 is 5.82 Å². The van der Waals surface area contributed by atoms with Crippen molar-refractivity contribution < 1.29 is 4.74 Å². The van der Waals surface area contributed by atoms with E-state index in [0.29, 0.717) is 12.6 Å². The van der Waals surface area contributed by atoms with Crippen LogP contribution in [-0.2, 0) is 4.74 Å². The van der Waals surface area contributed by atoms with Crippen LogP contribution >= 0.6 is 0 Å². The van der Waals surface area contributed by atoms with Gasteiger partial charge in [-0.1, -0.05) is 13.3 Å². The summed E-state index contributed by atoms with van der Waals surface area (Å²) in [5.41, 5.74) is 0.972. The minimum Gasteiger partial charge on any atom is -0.383 e. The molecular formula is C11H19N3O. The van der Waals surface area contributed by atoms with Gasteiger partial charge in [-0.05, 0) is 13.3 Å². The highest BCUT2D eigenvalue weighted by atomic mass is 16.5. The lowest BCUT2D eigenvalue weighted by Crippen LogP contribution is -2.25. The average molecular weight is 209 g/mol. The summed E-state index contributed by atoms with van der Waals surface area (Å²) in [6.45, 7) is 4.82. The highest BCUT2D eigenvalue weighted by Gasteiger charge is 2.07. The van der Waals surface area contributed by atoms with Crippen LogP contribution in [0, 0.1) is 6.92 Å². The van der Waals surface area contributed by atoms with E-state index < -0.39 is 0 Å². The Hall–Kier alpha value is -1.16. The molecule has 84 valence electrons. The Balaban J connectivity index is 2.56. The first kappa shape index (κ1) is 11.9.